The van der Waals surface area contributed by atoms with Crippen LogP contribution in [0.25, 0.3) is 22.9 Å². The molecule has 130 valence electrons. The molecule has 0 aliphatic carbocycles. The Labute approximate surface area is 158 Å². The van der Waals surface area contributed by atoms with Crippen molar-refractivity contribution in [3.05, 3.63) is 64.9 Å². The molecule has 4 aromatic rings. The van der Waals surface area contributed by atoms with E-state index in [2.05, 4.69) is 15.3 Å². The van der Waals surface area contributed by atoms with Crippen LogP contribution in [-0.4, -0.2) is 20.0 Å². The van der Waals surface area contributed by atoms with E-state index in [0.29, 0.717) is 38.6 Å². The van der Waals surface area contributed by atoms with Gasteiger partial charge in [0.2, 0.25) is 0 Å². The molecule has 0 bridgehead atoms. The number of hydrogen-bond acceptors (Lipinski definition) is 5. The van der Waals surface area contributed by atoms with E-state index < -0.39 is 0 Å². The van der Waals surface area contributed by atoms with E-state index in [1.807, 2.05) is 19.2 Å². The van der Waals surface area contributed by atoms with E-state index in [0.717, 1.165) is 0 Å². The minimum absolute atomic E-state index is 0.247. The number of para-hydroxylation sites is 1. The minimum Gasteiger partial charge on any atom is -0.455 e. The molecule has 0 saturated carbocycles. The number of nitrogens with zero attached hydrogens (tertiary/aromatic N) is 4. The molecule has 0 radical (unpaired) electrons. The van der Waals surface area contributed by atoms with Gasteiger partial charge in [-0.3, -0.25) is 4.68 Å². The highest BCUT2D eigenvalue weighted by Gasteiger charge is 2.19. The van der Waals surface area contributed by atoms with Crippen molar-refractivity contribution >= 4 is 23.2 Å². The summed E-state index contributed by atoms with van der Waals surface area (Å²) in [5, 5.41) is 13.2. The molecule has 0 aliphatic heterocycles. The third-order valence-corrected chi connectivity index (χ3v) is 4.25. The lowest BCUT2D eigenvalue weighted by Gasteiger charge is -2.11. The van der Waals surface area contributed by atoms with E-state index in [1.165, 1.54) is 0 Å². The Balaban J connectivity index is 1.75. The zero-order valence-electron chi connectivity index (χ0n) is 13.6. The fourth-order valence-corrected chi connectivity index (χ4v) is 2.84. The summed E-state index contributed by atoms with van der Waals surface area (Å²) in [6.07, 6.45) is 3.43. The summed E-state index contributed by atoms with van der Waals surface area (Å²) < 4.78 is 13.4. The van der Waals surface area contributed by atoms with Crippen LogP contribution in [0.4, 0.5) is 0 Å². The van der Waals surface area contributed by atoms with Gasteiger partial charge in [0.15, 0.2) is 0 Å². The number of ether oxygens (including phenoxy) is 1. The first kappa shape index (κ1) is 16.6. The molecular weight excluding hydrogens is 375 g/mol. The second-order valence-electron chi connectivity index (χ2n) is 5.46. The largest absolute Gasteiger partial charge is 0.455 e. The van der Waals surface area contributed by atoms with E-state index in [9.17, 15) is 0 Å². The smallest absolute Gasteiger partial charge is 0.253 e. The summed E-state index contributed by atoms with van der Waals surface area (Å²) >= 11 is 12.6. The number of benzene rings is 2. The van der Waals surface area contributed by atoms with Gasteiger partial charge in [0.25, 0.3) is 11.8 Å². The molecule has 4 rings (SSSR count). The van der Waals surface area contributed by atoms with Crippen LogP contribution in [0.3, 0.4) is 0 Å². The summed E-state index contributed by atoms with van der Waals surface area (Å²) in [7, 11) is 1.81. The maximum absolute atomic E-state index is 6.37. The molecule has 0 unspecified atom stereocenters. The van der Waals surface area contributed by atoms with Gasteiger partial charge in [0, 0.05) is 13.2 Å². The van der Waals surface area contributed by atoms with Gasteiger partial charge in [-0.1, -0.05) is 41.4 Å². The van der Waals surface area contributed by atoms with Crippen molar-refractivity contribution in [3.8, 4) is 34.4 Å². The van der Waals surface area contributed by atoms with Crippen molar-refractivity contribution < 1.29 is 9.15 Å². The number of hydrogen-bond donors (Lipinski definition) is 0. The normalized spacial score (nSPS) is 10.9. The summed E-state index contributed by atoms with van der Waals surface area (Å²) in [5.74, 6) is 1.56. The Morgan fingerprint density at radius 3 is 2.42 bits per heavy atom. The Morgan fingerprint density at radius 2 is 1.65 bits per heavy atom. The molecule has 0 fully saturated rings. The molecular formula is C18H12Cl2N4O2. The highest BCUT2D eigenvalue weighted by atomic mass is 35.5. The molecule has 8 heteroatoms. The van der Waals surface area contributed by atoms with Gasteiger partial charge < -0.3 is 9.15 Å². The monoisotopic (exact) mass is 386 g/mol. The van der Waals surface area contributed by atoms with Crippen LogP contribution in [0.1, 0.15) is 0 Å². The lowest BCUT2D eigenvalue weighted by atomic mass is 10.2. The first-order valence-corrected chi connectivity index (χ1v) is 8.41. The fourth-order valence-electron chi connectivity index (χ4n) is 2.42. The fraction of sp³-hybridized carbons (Fsp3) is 0.0556. The predicted octanol–water partition coefficient (Wildman–Crippen LogP) is 5.24. The van der Waals surface area contributed by atoms with Crippen molar-refractivity contribution in [2.24, 2.45) is 7.05 Å². The second-order valence-corrected chi connectivity index (χ2v) is 6.27. The van der Waals surface area contributed by atoms with Crippen molar-refractivity contribution in [1.29, 1.82) is 0 Å². The Kier molecular flexibility index (Phi) is 4.36. The first-order chi connectivity index (χ1) is 12.6. The van der Waals surface area contributed by atoms with Gasteiger partial charge in [-0.25, -0.2) is 0 Å². The summed E-state index contributed by atoms with van der Waals surface area (Å²) in [5.41, 5.74) is 1.21. The third kappa shape index (κ3) is 3.16. The van der Waals surface area contributed by atoms with E-state index >= 15 is 0 Å². The number of halogens is 2. The van der Waals surface area contributed by atoms with Crippen LogP contribution in [0.2, 0.25) is 10.0 Å². The maximum Gasteiger partial charge on any atom is 0.253 e. The zero-order chi connectivity index (χ0) is 18.1. The topological polar surface area (TPSA) is 66.0 Å². The van der Waals surface area contributed by atoms with Gasteiger partial charge in [-0.05, 0) is 24.3 Å². The molecule has 2 aromatic heterocycles. The predicted molar refractivity (Wildman–Crippen MR) is 98.5 cm³/mol. The van der Waals surface area contributed by atoms with Crippen molar-refractivity contribution in [3.63, 3.8) is 0 Å². The maximum atomic E-state index is 6.37. The average Bonchev–Trinajstić information content (AvgIpc) is 3.26. The average molecular weight is 387 g/mol. The number of rotatable bonds is 4. The number of aromatic nitrogens is 4. The molecule has 0 saturated heterocycles. The highest BCUT2D eigenvalue weighted by Crippen LogP contribution is 2.40. The Morgan fingerprint density at radius 1 is 0.923 bits per heavy atom. The Hall–Kier alpha value is -2.83. The quantitative estimate of drug-likeness (QED) is 0.479. The number of aryl methyl sites for hydroxylation is 1. The lowest BCUT2D eigenvalue weighted by molar-refractivity contribution is 0.481. The second kappa shape index (κ2) is 6.82. The van der Waals surface area contributed by atoms with Gasteiger partial charge in [0.05, 0.1) is 21.8 Å². The molecule has 2 aromatic carbocycles. The molecule has 26 heavy (non-hydrogen) atoms. The van der Waals surface area contributed by atoms with Crippen LogP contribution < -0.4 is 4.74 Å². The highest BCUT2D eigenvalue weighted by molar-refractivity contribution is 6.33. The van der Waals surface area contributed by atoms with Crippen LogP contribution in [0, 0.1) is 0 Å². The molecule has 6 nitrogen and oxygen atoms in total. The summed E-state index contributed by atoms with van der Waals surface area (Å²) in [4.78, 5) is 0. The van der Waals surface area contributed by atoms with E-state index in [4.69, 9.17) is 32.4 Å². The van der Waals surface area contributed by atoms with Gasteiger partial charge in [0.1, 0.15) is 17.1 Å². The molecule has 0 atom stereocenters. The van der Waals surface area contributed by atoms with Crippen LogP contribution >= 0.6 is 23.2 Å². The van der Waals surface area contributed by atoms with Gasteiger partial charge >= 0.3 is 0 Å². The van der Waals surface area contributed by atoms with Crippen molar-refractivity contribution in [2.45, 2.75) is 0 Å². The molecule has 0 N–H and O–H groups in total. The summed E-state index contributed by atoms with van der Waals surface area (Å²) in [6, 6.07) is 12.4. The zero-order valence-corrected chi connectivity index (χ0v) is 15.1. The van der Waals surface area contributed by atoms with Gasteiger partial charge in [-0.15, -0.1) is 10.2 Å². The third-order valence-electron chi connectivity index (χ3n) is 3.62. The van der Waals surface area contributed by atoms with E-state index in [1.54, 1.807) is 47.4 Å². The SMILES string of the molecule is Cn1cc(-c2nnc(-c3c(Cl)cccc3Oc3ccccc3Cl)o2)cn1. The molecule has 0 amide bonds. The minimum atomic E-state index is 0.247. The van der Waals surface area contributed by atoms with Crippen molar-refractivity contribution in [1.82, 2.24) is 20.0 Å². The van der Waals surface area contributed by atoms with Crippen LogP contribution in [0.5, 0.6) is 11.5 Å². The first-order valence-electron chi connectivity index (χ1n) is 7.65. The van der Waals surface area contributed by atoms with Crippen LogP contribution in [-0.2, 0) is 7.05 Å². The molecule has 0 aliphatic rings. The Bertz CT molecular complexity index is 1070. The lowest BCUT2D eigenvalue weighted by Crippen LogP contribution is -1.90. The summed E-state index contributed by atoms with van der Waals surface area (Å²) in [6.45, 7) is 0. The van der Waals surface area contributed by atoms with Crippen molar-refractivity contribution in [2.75, 3.05) is 0 Å². The standard InChI is InChI=1S/C18H12Cl2N4O2/c1-24-10-11(9-21-24)17-22-23-18(26-17)16-13(20)6-4-8-15(16)25-14-7-3-2-5-12(14)19/h2-10H,1H3. The van der Waals surface area contributed by atoms with Crippen LogP contribution in [0.15, 0.2) is 59.3 Å². The van der Waals surface area contributed by atoms with Gasteiger partial charge in [-0.2, -0.15) is 5.10 Å². The van der Waals surface area contributed by atoms with E-state index in [-0.39, 0.29) is 5.89 Å². The molecule has 2 heterocycles. The molecule has 0 spiro atoms.